The second-order valence-corrected chi connectivity index (χ2v) is 8.49. The standard InChI is InChI=1S/C32H24O5/c1-22-31(28-20-27(17-19-30(28)36-22)35-21-24-10-6-3-7-11-24)32(34)37-26-15-13-25(14-16-26)29(33)18-12-23-8-4-2-5-9-23/h2-20H,21H2,1H3/b18-12+. The van der Waals surface area contributed by atoms with E-state index in [4.69, 9.17) is 13.9 Å². The highest BCUT2D eigenvalue weighted by molar-refractivity contribution is 6.07. The third kappa shape index (κ3) is 5.68. The smallest absolute Gasteiger partial charge is 0.347 e. The minimum absolute atomic E-state index is 0.138. The minimum atomic E-state index is -0.542. The van der Waals surface area contributed by atoms with E-state index in [1.165, 1.54) is 6.08 Å². The number of ether oxygens (including phenoxy) is 2. The van der Waals surface area contributed by atoms with Gasteiger partial charge < -0.3 is 13.9 Å². The number of aryl methyl sites for hydroxylation is 1. The number of esters is 1. The number of furan rings is 1. The lowest BCUT2D eigenvalue weighted by Crippen LogP contribution is -2.09. The van der Waals surface area contributed by atoms with Gasteiger partial charge >= 0.3 is 5.97 Å². The van der Waals surface area contributed by atoms with Gasteiger partial charge in [-0.2, -0.15) is 0 Å². The largest absolute Gasteiger partial charge is 0.489 e. The average molecular weight is 489 g/mol. The zero-order chi connectivity index (χ0) is 25.6. The minimum Gasteiger partial charge on any atom is -0.489 e. The van der Waals surface area contributed by atoms with Crippen LogP contribution < -0.4 is 9.47 Å². The van der Waals surface area contributed by atoms with Crippen LogP contribution in [0.25, 0.3) is 17.0 Å². The van der Waals surface area contributed by atoms with Crippen molar-refractivity contribution in [2.75, 3.05) is 0 Å². The van der Waals surface area contributed by atoms with E-state index in [1.807, 2.05) is 66.7 Å². The summed E-state index contributed by atoms with van der Waals surface area (Å²) in [6.45, 7) is 2.14. The van der Waals surface area contributed by atoms with Crippen molar-refractivity contribution in [2.45, 2.75) is 13.5 Å². The van der Waals surface area contributed by atoms with Crippen molar-refractivity contribution in [3.8, 4) is 11.5 Å². The number of hydrogen-bond donors (Lipinski definition) is 0. The molecule has 0 saturated carbocycles. The van der Waals surface area contributed by atoms with Gasteiger partial charge in [-0.15, -0.1) is 0 Å². The molecule has 1 heterocycles. The van der Waals surface area contributed by atoms with Gasteiger partial charge in [-0.25, -0.2) is 4.79 Å². The number of ketones is 1. The van der Waals surface area contributed by atoms with E-state index in [-0.39, 0.29) is 5.78 Å². The van der Waals surface area contributed by atoms with Gasteiger partial charge in [-0.3, -0.25) is 4.79 Å². The summed E-state index contributed by atoms with van der Waals surface area (Å²) in [4.78, 5) is 25.6. The fraction of sp³-hybridized carbons (Fsp3) is 0.0625. The molecule has 5 heteroatoms. The topological polar surface area (TPSA) is 65.7 Å². The van der Waals surface area contributed by atoms with E-state index in [0.29, 0.717) is 46.0 Å². The van der Waals surface area contributed by atoms with Crippen molar-refractivity contribution in [3.05, 3.63) is 137 Å². The summed E-state index contributed by atoms with van der Waals surface area (Å²) < 4.78 is 17.3. The van der Waals surface area contributed by atoms with E-state index < -0.39 is 5.97 Å². The molecule has 37 heavy (non-hydrogen) atoms. The Hall–Kier alpha value is -4.90. The van der Waals surface area contributed by atoms with Crippen LogP contribution in [-0.2, 0) is 6.61 Å². The van der Waals surface area contributed by atoms with Crippen LogP contribution in [0, 0.1) is 6.92 Å². The molecule has 0 amide bonds. The fourth-order valence-electron chi connectivity index (χ4n) is 3.96. The molecule has 0 aliphatic carbocycles. The summed E-state index contributed by atoms with van der Waals surface area (Å²) >= 11 is 0. The summed E-state index contributed by atoms with van der Waals surface area (Å²) in [6.07, 6.45) is 3.29. The third-order valence-electron chi connectivity index (χ3n) is 5.86. The van der Waals surface area contributed by atoms with Crippen LogP contribution in [0.3, 0.4) is 0 Å². The molecule has 0 fully saturated rings. The van der Waals surface area contributed by atoms with Crippen molar-refractivity contribution in [2.24, 2.45) is 0 Å². The molecule has 0 aliphatic rings. The van der Waals surface area contributed by atoms with Crippen LogP contribution in [0.2, 0.25) is 0 Å². The second kappa shape index (κ2) is 10.8. The Morgan fingerprint density at radius 2 is 1.49 bits per heavy atom. The number of allylic oxidation sites excluding steroid dienone is 1. The first-order valence-electron chi connectivity index (χ1n) is 11.9. The normalized spacial score (nSPS) is 11.1. The summed E-state index contributed by atoms with van der Waals surface area (Å²) in [5.41, 5.74) is 3.40. The SMILES string of the molecule is Cc1oc2ccc(OCc3ccccc3)cc2c1C(=O)Oc1ccc(C(=O)/C=C/c2ccccc2)cc1. The van der Waals surface area contributed by atoms with Crippen molar-refractivity contribution < 1.29 is 23.5 Å². The van der Waals surface area contributed by atoms with E-state index in [1.54, 1.807) is 49.4 Å². The van der Waals surface area contributed by atoms with Crippen LogP contribution in [0.1, 0.15) is 37.6 Å². The Morgan fingerprint density at radius 3 is 2.22 bits per heavy atom. The molecule has 182 valence electrons. The van der Waals surface area contributed by atoms with Gasteiger partial charge in [-0.1, -0.05) is 66.7 Å². The first-order chi connectivity index (χ1) is 18.1. The lowest BCUT2D eigenvalue weighted by atomic mass is 10.1. The first kappa shape index (κ1) is 23.8. The van der Waals surface area contributed by atoms with Gasteiger partial charge in [0.2, 0.25) is 0 Å². The molecule has 0 aliphatic heterocycles. The second-order valence-electron chi connectivity index (χ2n) is 8.49. The maximum atomic E-state index is 13.1. The predicted octanol–water partition coefficient (Wildman–Crippen LogP) is 7.44. The maximum absolute atomic E-state index is 13.1. The van der Waals surface area contributed by atoms with E-state index in [0.717, 1.165) is 11.1 Å². The molecular formula is C32H24O5. The maximum Gasteiger partial charge on any atom is 0.347 e. The van der Waals surface area contributed by atoms with E-state index in [2.05, 4.69) is 0 Å². The van der Waals surface area contributed by atoms with Gasteiger partial charge in [0, 0.05) is 10.9 Å². The van der Waals surface area contributed by atoms with Crippen molar-refractivity contribution in [1.29, 1.82) is 0 Å². The molecule has 5 aromatic rings. The summed E-state index contributed by atoms with van der Waals surface area (Å²) in [7, 11) is 0. The Morgan fingerprint density at radius 1 is 0.811 bits per heavy atom. The molecule has 0 bridgehead atoms. The van der Waals surface area contributed by atoms with Crippen LogP contribution in [0.4, 0.5) is 0 Å². The van der Waals surface area contributed by atoms with Gasteiger partial charge in [0.05, 0.1) is 0 Å². The molecule has 0 unspecified atom stereocenters. The molecule has 0 radical (unpaired) electrons. The zero-order valence-corrected chi connectivity index (χ0v) is 20.2. The molecule has 0 N–H and O–H groups in total. The molecule has 0 saturated heterocycles. The lowest BCUT2D eigenvalue weighted by Gasteiger charge is -2.07. The highest BCUT2D eigenvalue weighted by Crippen LogP contribution is 2.30. The Bertz CT molecular complexity index is 1560. The number of carbonyl (C=O) groups excluding carboxylic acids is 2. The summed E-state index contributed by atoms with van der Waals surface area (Å²) in [5.74, 6) is 0.732. The lowest BCUT2D eigenvalue weighted by molar-refractivity contribution is 0.0734. The van der Waals surface area contributed by atoms with Gasteiger partial charge in [0.15, 0.2) is 5.78 Å². The number of fused-ring (bicyclic) bond motifs is 1. The quantitative estimate of drug-likeness (QED) is 0.0983. The van der Waals surface area contributed by atoms with Crippen LogP contribution in [0.15, 0.2) is 114 Å². The first-order valence-corrected chi connectivity index (χ1v) is 11.9. The van der Waals surface area contributed by atoms with Crippen molar-refractivity contribution in [1.82, 2.24) is 0 Å². The van der Waals surface area contributed by atoms with Gasteiger partial charge in [-0.05, 0) is 66.6 Å². The van der Waals surface area contributed by atoms with Crippen molar-refractivity contribution >= 4 is 28.8 Å². The molecule has 5 rings (SSSR count). The monoisotopic (exact) mass is 488 g/mol. The van der Waals surface area contributed by atoms with E-state index >= 15 is 0 Å². The molecule has 0 atom stereocenters. The Labute approximate surface area is 214 Å². The van der Waals surface area contributed by atoms with E-state index in [9.17, 15) is 9.59 Å². The highest BCUT2D eigenvalue weighted by atomic mass is 16.5. The number of carbonyl (C=O) groups is 2. The zero-order valence-electron chi connectivity index (χ0n) is 20.2. The van der Waals surface area contributed by atoms with Crippen LogP contribution in [0.5, 0.6) is 11.5 Å². The van der Waals surface area contributed by atoms with Gasteiger partial charge in [0.25, 0.3) is 0 Å². The summed E-state index contributed by atoms with van der Waals surface area (Å²) in [6, 6.07) is 31.3. The number of hydrogen-bond acceptors (Lipinski definition) is 5. The summed E-state index contributed by atoms with van der Waals surface area (Å²) in [5, 5.41) is 0.617. The highest BCUT2D eigenvalue weighted by Gasteiger charge is 2.21. The number of benzene rings is 4. The fourth-order valence-corrected chi connectivity index (χ4v) is 3.96. The Balaban J connectivity index is 1.29. The molecule has 4 aromatic carbocycles. The number of rotatable bonds is 8. The van der Waals surface area contributed by atoms with Crippen LogP contribution in [-0.4, -0.2) is 11.8 Å². The van der Waals surface area contributed by atoms with Crippen LogP contribution >= 0.6 is 0 Å². The van der Waals surface area contributed by atoms with Crippen molar-refractivity contribution in [3.63, 3.8) is 0 Å². The molecule has 1 aromatic heterocycles. The molecular weight excluding hydrogens is 464 g/mol. The average Bonchev–Trinajstić information content (AvgIpc) is 3.27. The predicted molar refractivity (Wildman–Crippen MR) is 143 cm³/mol. The van der Waals surface area contributed by atoms with Gasteiger partial charge in [0.1, 0.15) is 35.0 Å². The third-order valence-corrected chi connectivity index (χ3v) is 5.86. The molecule has 5 nitrogen and oxygen atoms in total. The Kier molecular flexibility index (Phi) is 6.95. The molecule has 0 spiro atoms.